The summed E-state index contributed by atoms with van der Waals surface area (Å²) in [6.45, 7) is 10.3. The predicted octanol–water partition coefficient (Wildman–Crippen LogP) is 5.17. The molecule has 1 aliphatic heterocycles. The number of aryl methyl sites for hydroxylation is 2. The molecule has 0 bridgehead atoms. The number of pyridine rings is 1. The first kappa shape index (κ1) is 21.2. The van der Waals surface area contributed by atoms with Crippen molar-refractivity contribution in [2.75, 3.05) is 13.1 Å². The fourth-order valence-electron chi connectivity index (χ4n) is 5.37. The van der Waals surface area contributed by atoms with Crippen molar-refractivity contribution < 1.29 is 4.79 Å². The summed E-state index contributed by atoms with van der Waals surface area (Å²) in [5.74, 6) is 1.05. The summed E-state index contributed by atoms with van der Waals surface area (Å²) >= 11 is 0. The summed E-state index contributed by atoms with van der Waals surface area (Å²) in [5, 5.41) is 1.32. The number of nitrogens with one attached hydrogen (secondary N) is 1. The Morgan fingerprint density at radius 3 is 2.38 bits per heavy atom. The summed E-state index contributed by atoms with van der Waals surface area (Å²) in [6.07, 6.45) is 3.69. The molecule has 3 heterocycles. The van der Waals surface area contributed by atoms with Gasteiger partial charge in [-0.1, -0.05) is 19.9 Å². The van der Waals surface area contributed by atoms with Gasteiger partial charge in [-0.05, 0) is 86.8 Å². The number of rotatable bonds is 4. The van der Waals surface area contributed by atoms with E-state index < -0.39 is 5.54 Å². The molecule has 2 aromatic heterocycles. The summed E-state index contributed by atoms with van der Waals surface area (Å²) < 4.78 is 0. The number of likely N-dealkylation sites (tertiary alicyclic amines) is 1. The normalized spacial score (nSPS) is 18.5. The van der Waals surface area contributed by atoms with Crippen molar-refractivity contribution in [1.29, 1.82) is 0 Å². The zero-order valence-electron chi connectivity index (χ0n) is 19.7. The Kier molecular flexibility index (Phi) is 5.12. The molecule has 5 heteroatoms. The van der Waals surface area contributed by atoms with Crippen molar-refractivity contribution in [2.45, 2.75) is 70.8 Å². The molecular weight excluding hydrogens is 396 g/mol. The molecule has 0 atom stereocenters. The number of aromatic amines is 1. The first-order chi connectivity index (χ1) is 15.2. The zero-order valence-corrected chi connectivity index (χ0v) is 19.7. The zero-order chi connectivity index (χ0) is 22.6. The maximum atomic E-state index is 12.6. The van der Waals surface area contributed by atoms with Crippen LogP contribution in [0.4, 0.5) is 0 Å². The molecule has 1 aromatic carbocycles. The third kappa shape index (κ3) is 3.73. The van der Waals surface area contributed by atoms with Crippen molar-refractivity contribution in [2.24, 2.45) is 5.73 Å². The van der Waals surface area contributed by atoms with E-state index in [1.54, 1.807) is 0 Å². The first-order valence-corrected chi connectivity index (χ1v) is 11.9. The van der Waals surface area contributed by atoms with Crippen LogP contribution in [0.15, 0.2) is 30.3 Å². The number of amides is 1. The lowest BCUT2D eigenvalue weighted by Gasteiger charge is -2.34. The molecule has 1 saturated heterocycles. The molecule has 1 saturated carbocycles. The molecule has 2 aliphatic rings. The fraction of sp³-hybridized carbons (Fsp3) is 0.481. The summed E-state index contributed by atoms with van der Waals surface area (Å²) in [4.78, 5) is 22.8. The Morgan fingerprint density at radius 2 is 1.78 bits per heavy atom. The van der Waals surface area contributed by atoms with Crippen LogP contribution in [0.1, 0.15) is 73.9 Å². The van der Waals surface area contributed by atoms with Crippen LogP contribution in [0.5, 0.6) is 0 Å². The number of aromatic nitrogens is 2. The predicted molar refractivity (Wildman–Crippen MR) is 130 cm³/mol. The summed E-state index contributed by atoms with van der Waals surface area (Å²) in [5.41, 5.74) is 14.0. The number of benzene rings is 1. The van der Waals surface area contributed by atoms with Crippen molar-refractivity contribution in [1.82, 2.24) is 14.9 Å². The molecule has 3 aromatic rings. The van der Waals surface area contributed by atoms with Crippen molar-refractivity contribution in [3.05, 3.63) is 52.8 Å². The Hall–Kier alpha value is -2.66. The molecule has 168 valence electrons. The SMILES string of the molecule is Cc1cc(-c2[nH]c3ccc(C4CCN(C(=O)C5(N)CC5)CC4)cc3c2C(C)C)cc(C)n1. The highest BCUT2D eigenvalue weighted by molar-refractivity contribution is 5.92. The largest absolute Gasteiger partial charge is 0.354 e. The van der Waals surface area contributed by atoms with E-state index in [4.69, 9.17) is 5.73 Å². The second-order valence-electron chi connectivity index (χ2n) is 10.2. The lowest BCUT2D eigenvalue weighted by Crippen LogP contribution is -2.48. The lowest BCUT2D eigenvalue weighted by atomic mass is 9.87. The van der Waals surface area contributed by atoms with E-state index in [0.29, 0.717) is 11.8 Å². The van der Waals surface area contributed by atoms with E-state index in [0.717, 1.165) is 50.2 Å². The van der Waals surface area contributed by atoms with E-state index in [1.807, 2.05) is 4.90 Å². The highest BCUT2D eigenvalue weighted by atomic mass is 16.2. The highest BCUT2D eigenvalue weighted by Crippen LogP contribution is 2.40. The molecule has 5 rings (SSSR count). The topological polar surface area (TPSA) is 75.0 Å². The van der Waals surface area contributed by atoms with E-state index in [2.05, 4.69) is 68.0 Å². The summed E-state index contributed by atoms with van der Waals surface area (Å²) in [6, 6.07) is 11.2. The van der Waals surface area contributed by atoms with Gasteiger partial charge < -0.3 is 15.6 Å². The monoisotopic (exact) mass is 430 g/mol. The van der Waals surface area contributed by atoms with Crippen LogP contribution < -0.4 is 5.73 Å². The van der Waals surface area contributed by atoms with Crippen LogP contribution in [-0.4, -0.2) is 39.4 Å². The fourth-order valence-corrected chi connectivity index (χ4v) is 5.37. The van der Waals surface area contributed by atoms with Crippen LogP contribution in [-0.2, 0) is 4.79 Å². The molecule has 0 spiro atoms. The molecule has 1 amide bonds. The molecule has 5 nitrogen and oxygen atoms in total. The van der Waals surface area contributed by atoms with Crippen LogP contribution in [0.25, 0.3) is 22.2 Å². The molecule has 32 heavy (non-hydrogen) atoms. The van der Waals surface area contributed by atoms with Gasteiger partial charge in [-0.3, -0.25) is 9.78 Å². The first-order valence-electron chi connectivity index (χ1n) is 11.9. The molecule has 2 fully saturated rings. The number of carbonyl (C=O) groups excluding carboxylic acids is 1. The van der Waals surface area contributed by atoms with E-state index in [-0.39, 0.29) is 5.91 Å². The van der Waals surface area contributed by atoms with E-state index in [1.165, 1.54) is 33.3 Å². The van der Waals surface area contributed by atoms with Gasteiger partial charge >= 0.3 is 0 Å². The Morgan fingerprint density at radius 1 is 1.12 bits per heavy atom. The Labute approximate surface area is 190 Å². The second kappa shape index (κ2) is 7.73. The highest BCUT2D eigenvalue weighted by Gasteiger charge is 2.48. The number of hydrogen-bond donors (Lipinski definition) is 2. The number of nitrogens with zero attached hydrogens (tertiary/aromatic N) is 2. The van der Waals surface area contributed by atoms with Gasteiger partial charge in [0.1, 0.15) is 0 Å². The standard InChI is InChI=1S/C27H34N4O/c1-16(2)24-22-15-20(19-7-11-31(12-8-19)26(32)27(28)9-10-27)5-6-23(22)30-25(24)21-13-17(3)29-18(4)14-21/h5-6,13-16,19,30H,7-12,28H2,1-4H3. The second-order valence-corrected chi connectivity index (χ2v) is 10.2. The van der Waals surface area contributed by atoms with Gasteiger partial charge in [-0.25, -0.2) is 0 Å². The molecule has 0 radical (unpaired) electrons. The van der Waals surface area contributed by atoms with Crippen molar-refractivity contribution in [3.63, 3.8) is 0 Å². The minimum Gasteiger partial charge on any atom is -0.354 e. The van der Waals surface area contributed by atoms with Crippen LogP contribution in [0.2, 0.25) is 0 Å². The van der Waals surface area contributed by atoms with Gasteiger partial charge in [0, 0.05) is 40.9 Å². The van der Waals surface area contributed by atoms with Gasteiger partial charge in [0.2, 0.25) is 5.91 Å². The number of H-pyrrole nitrogens is 1. The maximum Gasteiger partial charge on any atom is 0.242 e. The average molecular weight is 431 g/mol. The third-order valence-electron chi connectivity index (χ3n) is 7.28. The van der Waals surface area contributed by atoms with Gasteiger partial charge in [0.25, 0.3) is 0 Å². The van der Waals surface area contributed by atoms with Crippen molar-refractivity contribution in [3.8, 4) is 11.3 Å². The smallest absolute Gasteiger partial charge is 0.242 e. The van der Waals surface area contributed by atoms with Crippen LogP contribution >= 0.6 is 0 Å². The molecular formula is C27H34N4O. The average Bonchev–Trinajstić information content (AvgIpc) is 3.39. The molecule has 1 aliphatic carbocycles. The third-order valence-corrected chi connectivity index (χ3v) is 7.28. The summed E-state index contributed by atoms with van der Waals surface area (Å²) in [7, 11) is 0. The van der Waals surface area contributed by atoms with Crippen molar-refractivity contribution >= 4 is 16.8 Å². The minimum absolute atomic E-state index is 0.159. The number of fused-ring (bicyclic) bond motifs is 1. The van der Waals surface area contributed by atoms with E-state index >= 15 is 0 Å². The van der Waals surface area contributed by atoms with Gasteiger partial charge in [-0.15, -0.1) is 0 Å². The van der Waals surface area contributed by atoms with E-state index in [9.17, 15) is 4.79 Å². The van der Waals surface area contributed by atoms with Gasteiger partial charge in [-0.2, -0.15) is 0 Å². The Balaban J connectivity index is 1.45. The number of piperidine rings is 1. The lowest BCUT2D eigenvalue weighted by molar-refractivity contribution is -0.134. The van der Waals surface area contributed by atoms with Gasteiger partial charge in [0.15, 0.2) is 0 Å². The van der Waals surface area contributed by atoms with Crippen LogP contribution in [0.3, 0.4) is 0 Å². The molecule has 3 N–H and O–H groups in total. The quantitative estimate of drug-likeness (QED) is 0.600. The number of carbonyl (C=O) groups is 1. The van der Waals surface area contributed by atoms with Crippen LogP contribution in [0, 0.1) is 13.8 Å². The van der Waals surface area contributed by atoms with Gasteiger partial charge in [0.05, 0.1) is 11.2 Å². The minimum atomic E-state index is -0.552. The number of hydrogen-bond acceptors (Lipinski definition) is 3. The maximum absolute atomic E-state index is 12.6. The molecule has 0 unspecified atom stereocenters. The number of nitrogens with two attached hydrogens (primary N) is 1. The Bertz CT molecular complexity index is 1160.